The highest BCUT2D eigenvalue weighted by Gasteiger charge is 2.02. The standard InChI is InChI=1S/C15H10Cl2N2O/c16-14-2-1-3-15(17)13(14)9-19-20-10-12-6-4-11(8-18)5-7-12/h1-7,9H,10H2. The second kappa shape index (κ2) is 6.95. The van der Waals surface area contributed by atoms with Crippen molar-refractivity contribution >= 4 is 29.4 Å². The van der Waals surface area contributed by atoms with Crippen molar-refractivity contribution in [1.29, 1.82) is 5.26 Å². The molecule has 0 unspecified atom stereocenters. The molecular weight excluding hydrogens is 295 g/mol. The third-order valence-electron chi connectivity index (χ3n) is 2.57. The lowest BCUT2D eigenvalue weighted by atomic mass is 10.2. The summed E-state index contributed by atoms with van der Waals surface area (Å²) < 4.78 is 0. The number of halogens is 2. The van der Waals surface area contributed by atoms with Crippen molar-refractivity contribution < 1.29 is 4.84 Å². The normalized spacial score (nSPS) is 10.4. The molecule has 0 aromatic heterocycles. The van der Waals surface area contributed by atoms with Crippen LogP contribution in [0, 0.1) is 11.3 Å². The fourth-order valence-corrected chi connectivity index (χ4v) is 2.01. The number of nitrogens with zero attached hydrogens (tertiary/aromatic N) is 2. The van der Waals surface area contributed by atoms with E-state index in [2.05, 4.69) is 11.2 Å². The van der Waals surface area contributed by atoms with Crippen LogP contribution in [0.2, 0.25) is 10.0 Å². The first kappa shape index (κ1) is 14.4. The van der Waals surface area contributed by atoms with E-state index >= 15 is 0 Å². The average molecular weight is 305 g/mol. The second-order valence-corrected chi connectivity index (χ2v) is 4.77. The Bertz CT molecular complexity index is 640. The zero-order valence-electron chi connectivity index (χ0n) is 10.4. The van der Waals surface area contributed by atoms with Gasteiger partial charge in [0, 0.05) is 5.56 Å². The average Bonchev–Trinajstić information content (AvgIpc) is 2.46. The number of hydrogen-bond donors (Lipinski definition) is 0. The van der Waals surface area contributed by atoms with Crippen molar-refractivity contribution in [2.75, 3.05) is 0 Å². The van der Waals surface area contributed by atoms with Gasteiger partial charge in [-0.05, 0) is 29.8 Å². The van der Waals surface area contributed by atoms with Crippen LogP contribution in [0.5, 0.6) is 0 Å². The minimum atomic E-state index is 0.310. The van der Waals surface area contributed by atoms with E-state index in [4.69, 9.17) is 33.3 Å². The summed E-state index contributed by atoms with van der Waals surface area (Å²) in [6.07, 6.45) is 1.48. The lowest BCUT2D eigenvalue weighted by Gasteiger charge is -2.01. The number of hydrogen-bond acceptors (Lipinski definition) is 3. The Morgan fingerprint density at radius 3 is 2.35 bits per heavy atom. The van der Waals surface area contributed by atoms with Gasteiger partial charge in [0.05, 0.1) is 27.9 Å². The molecular formula is C15H10Cl2N2O. The molecule has 5 heteroatoms. The molecule has 0 radical (unpaired) electrons. The van der Waals surface area contributed by atoms with Gasteiger partial charge < -0.3 is 4.84 Å². The first-order chi connectivity index (χ1) is 9.70. The number of benzene rings is 2. The Balaban J connectivity index is 1.95. The topological polar surface area (TPSA) is 45.4 Å². The molecule has 100 valence electrons. The predicted octanol–water partition coefficient (Wildman–Crippen LogP) is 4.42. The van der Waals surface area contributed by atoms with Gasteiger partial charge in [0.2, 0.25) is 0 Å². The number of oxime groups is 1. The largest absolute Gasteiger partial charge is 0.391 e. The van der Waals surface area contributed by atoms with Crippen molar-refractivity contribution in [3.63, 3.8) is 0 Å². The first-order valence-electron chi connectivity index (χ1n) is 5.79. The summed E-state index contributed by atoms with van der Waals surface area (Å²) in [5.41, 5.74) is 2.15. The van der Waals surface area contributed by atoms with Gasteiger partial charge in [0.25, 0.3) is 0 Å². The molecule has 0 heterocycles. The van der Waals surface area contributed by atoms with Gasteiger partial charge in [-0.25, -0.2) is 0 Å². The van der Waals surface area contributed by atoms with Gasteiger partial charge in [-0.15, -0.1) is 0 Å². The van der Waals surface area contributed by atoms with Crippen LogP contribution in [0.1, 0.15) is 16.7 Å². The molecule has 3 nitrogen and oxygen atoms in total. The third-order valence-corrected chi connectivity index (χ3v) is 3.23. The van der Waals surface area contributed by atoms with E-state index in [-0.39, 0.29) is 0 Å². The van der Waals surface area contributed by atoms with E-state index in [1.807, 2.05) is 12.1 Å². The molecule has 20 heavy (non-hydrogen) atoms. The molecule has 0 atom stereocenters. The fourth-order valence-electron chi connectivity index (χ4n) is 1.51. The van der Waals surface area contributed by atoms with Crippen LogP contribution in [-0.4, -0.2) is 6.21 Å². The Labute approximate surface area is 127 Å². The maximum Gasteiger partial charge on any atom is 0.142 e. The molecule has 2 aromatic carbocycles. The molecule has 0 aliphatic heterocycles. The van der Waals surface area contributed by atoms with Gasteiger partial charge in [0.15, 0.2) is 0 Å². The Hall–Kier alpha value is -2.02. The third kappa shape index (κ3) is 3.74. The van der Waals surface area contributed by atoms with E-state index < -0.39 is 0 Å². The summed E-state index contributed by atoms with van der Waals surface area (Å²) in [4.78, 5) is 5.18. The molecule has 0 N–H and O–H groups in total. The highest BCUT2D eigenvalue weighted by atomic mass is 35.5. The summed E-state index contributed by atoms with van der Waals surface area (Å²) >= 11 is 12.0. The molecule has 0 saturated carbocycles. The molecule has 0 spiro atoms. The molecule has 0 aliphatic rings. The maximum absolute atomic E-state index is 8.69. The Morgan fingerprint density at radius 1 is 1.10 bits per heavy atom. The maximum atomic E-state index is 8.69. The summed E-state index contributed by atoms with van der Waals surface area (Å²) in [7, 11) is 0. The van der Waals surface area contributed by atoms with Crippen LogP contribution < -0.4 is 0 Å². The molecule has 2 rings (SSSR count). The zero-order chi connectivity index (χ0) is 14.4. The van der Waals surface area contributed by atoms with Crippen LogP contribution in [0.3, 0.4) is 0 Å². The lowest BCUT2D eigenvalue weighted by molar-refractivity contribution is 0.132. The zero-order valence-corrected chi connectivity index (χ0v) is 11.9. The Kier molecular flexibility index (Phi) is 5.00. The van der Waals surface area contributed by atoms with E-state index in [1.165, 1.54) is 6.21 Å². The molecule has 0 bridgehead atoms. The van der Waals surface area contributed by atoms with Crippen LogP contribution in [0.4, 0.5) is 0 Å². The smallest absolute Gasteiger partial charge is 0.142 e. The van der Waals surface area contributed by atoms with E-state index in [9.17, 15) is 0 Å². The molecule has 0 fully saturated rings. The van der Waals surface area contributed by atoms with Crippen molar-refractivity contribution in [3.05, 3.63) is 69.2 Å². The van der Waals surface area contributed by atoms with E-state index in [0.29, 0.717) is 27.8 Å². The summed E-state index contributed by atoms with van der Waals surface area (Å²) in [6.45, 7) is 0.310. The van der Waals surface area contributed by atoms with Gasteiger partial charge in [0.1, 0.15) is 6.61 Å². The minimum absolute atomic E-state index is 0.310. The van der Waals surface area contributed by atoms with Crippen molar-refractivity contribution in [2.45, 2.75) is 6.61 Å². The first-order valence-corrected chi connectivity index (χ1v) is 6.54. The lowest BCUT2D eigenvalue weighted by Crippen LogP contribution is -1.90. The van der Waals surface area contributed by atoms with Crippen LogP contribution >= 0.6 is 23.2 Å². The van der Waals surface area contributed by atoms with E-state index in [0.717, 1.165) is 5.56 Å². The molecule has 2 aromatic rings. The van der Waals surface area contributed by atoms with Crippen LogP contribution in [0.25, 0.3) is 0 Å². The summed E-state index contributed by atoms with van der Waals surface area (Å²) in [5.74, 6) is 0. The van der Waals surface area contributed by atoms with Crippen LogP contribution in [0.15, 0.2) is 47.6 Å². The van der Waals surface area contributed by atoms with Gasteiger partial charge in [-0.3, -0.25) is 0 Å². The second-order valence-electron chi connectivity index (χ2n) is 3.95. The summed E-state index contributed by atoms with van der Waals surface area (Å²) in [5, 5.41) is 13.6. The van der Waals surface area contributed by atoms with Gasteiger partial charge >= 0.3 is 0 Å². The molecule has 0 saturated heterocycles. The van der Waals surface area contributed by atoms with Crippen molar-refractivity contribution in [3.8, 4) is 6.07 Å². The quantitative estimate of drug-likeness (QED) is 0.620. The highest BCUT2D eigenvalue weighted by Crippen LogP contribution is 2.22. The van der Waals surface area contributed by atoms with Gasteiger partial charge in [-0.2, -0.15) is 5.26 Å². The monoisotopic (exact) mass is 304 g/mol. The predicted molar refractivity (Wildman–Crippen MR) is 80.0 cm³/mol. The number of nitriles is 1. The van der Waals surface area contributed by atoms with E-state index in [1.54, 1.807) is 30.3 Å². The molecule has 0 aliphatic carbocycles. The minimum Gasteiger partial charge on any atom is -0.391 e. The molecule has 0 amide bonds. The SMILES string of the molecule is N#Cc1ccc(CON=Cc2c(Cl)cccc2Cl)cc1. The van der Waals surface area contributed by atoms with Crippen molar-refractivity contribution in [2.24, 2.45) is 5.16 Å². The Morgan fingerprint density at radius 2 is 1.75 bits per heavy atom. The fraction of sp³-hybridized carbons (Fsp3) is 0.0667. The summed E-state index contributed by atoms with van der Waals surface area (Å²) in [6, 6.07) is 14.4. The van der Waals surface area contributed by atoms with Crippen LogP contribution in [-0.2, 0) is 11.4 Å². The van der Waals surface area contributed by atoms with Crippen molar-refractivity contribution in [1.82, 2.24) is 0 Å². The number of rotatable bonds is 4. The highest BCUT2D eigenvalue weighted by molar-refractivity contribution is 6.38. The van der Waals surface area contributed by atoms with Gasteiger partial charge in [-0.1, -0.05) is 46.6 Å².